The average Bonchev–Trinajstić information content (AvgIpc) is 2.33. The van der Waals surface area contributed by atoms with Crippen molar-refractivity contribution in [3.05, 3.63) is 23.9 Å². The Labute approximate surface area is 98.2 Å². The van der Waals surface area contributed by atoms with Gasteiger partial charge in [0, 0.05) is 18.8 Å². The molecule has 0 saturated carbocycles. The summed E-state index contributed by atoms with van der Waals surface area (Å²) in [6.07, 6.45) is 5.35. The third-order valence-electron chi connectivity index (χ3n) is 2.38. The molecule has 0 bridgehead atoms. The number of rotatable bonds is 8. The third-order valence-corrected chi connectivity index (χ3v) is 2.38. The second-order valence-corrected chi connectivity index (χ2v) is 3.84. The van der Waals surface area contributed by atoms with Crippen LogP contribution in [-0.4, -0.2) is 18.1 Å². The molecule has 0 saturated heterocycles. The van der Waals surface area contributed by atoms with Crippen LogP contribution in [0.15, 0.2) is 18.3 Å². The first-order valence-corrected chi connectivity index (χ1v) is 6.15. The molecule has 3 heteroatoms. The van der Waals surface area contributed by atoms with Gasteiger partial charge in [-0.3, -0.25) is 0 Å². The lowest BCUT2D eigenvalue weighted by molar-refractivity contribution is 0.294. The zero-order chi connectivity index (χ0) is 11.6. The van der Waals surface area contributed by atoms with E-state index in [1.807, 2.05) is 18.3 Å². The lowest BCUT2D eigenvalue weighted by atomic mass is 10.2. The summed E-state index contributed by atoms with van der Waals surface area (Å²) >= 11 is 0. The van der Waals surface area contributed by atoms with Gasteiger partial charge in [-0.1, -0.05) is 26.7 Å². The quantitative estimate of drug-likeness (QED) is 0.687. The normalized spacial score (nSPS) is 10.4. The number of ether oxygens (including phenoxy) is 1. The lowest BCUT2D eigenvalue weighted by Gasteiger charge is -2.06. The second kappa shape index (κ2) is 8.11. The number of aromatic nitrogens is 1. The molecule has 0 spiro atoms. The van der Waals surface area contributed by atoms with Crippen LogP contribution in [0.5, 0.6) is 5.88 Å². The van der Waals surface area contributed by atoms with Gasteiger partial charge in [-0.15, -0.1) is 0 Å². The van der Waals surface area contributed by atoms with Gasteiger partial charge in [-0.05, 0) is 24.6 Å². The highest BCUT2D eigenvalue weighted by atomic mass is 16.5. The van der Waals surface area contributed by atoms with Crippen LogP contribution >= 0.6 is 0 Å². The molecule has 16 heavy (non-hydrogen) atoms. The van der Waals surface area contributed by atoms with E-state index in [0.29, 0.717) is 0 Å². The topological polar surface area (TPSA) is 34.1 Å². The Morgan fingerprint density at radius 2 is 2.19 bits per heavy atom. The van der Waals surface area contributed by atoms with Gasteiger partial charge in [0.05, 0.1) is 6.61 Å². The summed E-state index contributed by atoms with van der Waals surface area (Å²) in [7, 11) is 0. The monoisotopic (exact) mass is 222 g/mol. The number of nitrogens with one attached hydrogen (secondary N) is 1. The summed E-state index contributed by atoms with van der Waals surface area (Å²) in [5, 5.41) is 3.28. The number of pyridine rings is 1. The highest BCUT2D eigenvalue weighted by Crippen LogP contribution is 2.09. The molecule has 1 aromatic rings. The van der Waals surface area contributed by atoms with Gasteiger partial charge >= 0.3 is 0 Å². The molecule has 1 N–H and O–H groups in total. The molecule has 1 heterocycles. The van der Waals surface area contributed by atoms with Gasteiger partial charge in [0.1, 0.15) is 0 Å². The molecule has 0 aliphatic rings. The molecule has 0 amide bonds. The smallest absolute Gasteiger partial charge is 0.213 e. The molecule has 3 nitrogen and oxygen atoms in total. The molecule has 0 aliphatic carbocycles. The van der Waals surface area contributed by atoms with E-state index in [1.165, 1.54) is 18.4 Å². The molecule has 90 valence electrons. The first kappa shape index (κ1) is 13.0. The van der Waals surface area contributed by atoms with Crippen LogP contribution in [0.4, 0.5) is 0 Å². The minimum absolute atomic E-state index is 0.742. The molecule has 1 rings (SSSR count). The van der Waals surface area contributed by atoms with Gasteiger partial charge in [0.25, 0.3) is 0 Å². The van der Waals surface area contributed by atoms with E-state index >= 15 is 0 Å². The largest absolute Gasteiger partial charge is 0.478 e. The Morgan fingerprint density at radius 1 is 1.31 bits per heavy atom. The second-order valence-electron chi connectivity index (χ2n) is 3.84. The highest BCUT2D eigenvalue weighted by Gasteiger charge is 1.97. The highest BCUT2D eigenvalue weighted by molar-refractivity contribution is 5.20. The first-order chi connectivity index (χ1) is 7.86. The number of unbranched alkanes of at least 4 members (excludes halogenated alkanes) is 2. The maximum absolute atomic E-state index is 5.59. The fraction of sp³-hybridized carbons (Fsp3) is 0.615. The van der Waals surface area contributed by atoms with Crippen molar-refractivity contribution in [2.24, 2.45) is 0 Å². The predicted octanol–water partition coefficient (Wildman–Crippen LogP) is 2.76. The number of nitrogens with zero attached hydrogens (tertiary/aromatic N) is 1. The Hall–Kier alpha value is -1.09. The lowest BCUT2D eigenvalue weighted by Crippen LogP contribution is -2.11. The molecule has 0 aromatic carbocycles. The molecular formula is C13H22N2O. The molecular weight excluding hydrogens is 200 g/mol. The summed E-state index contributed by atoms with van der Waals surface area (Å²) in [6, 6.07) is 4.02. The minimum atomic E-state index is 0.742. The molecule has 0 fully saturated rings. The Kier molecular flexibility index (Phi) is 6.58. The van der Waals surface area contributed by atoms with Crippen molar-refractivity contribution in [2.45, 2.75) is 39.7 Å². The van der Waals surface area contributed by atoms with Crippen LogP contribution in [-0.2, 0) is 6.54 Å². The molecule has 0 radical (unpaired) electrons. The average molecular weight is 222 g/mol. The van der Waals surface area contributed by atoms with Crippen molar-refractivity contribution in [1.82, 2.24) is 10.3 Å². The standard InChI is InChI=1S/C13H22N2O/c1-3-5-6-9-16-13-10-12(7-8-15-13)11-14-4-2/h7-8,10,14H,3-6,9,11H2,1-2H3. The van der Waals surface area contributed by atoms with E-state index in [2.05, 4.69) is 24.1 Å². The van der Waals surface area contributed by atoms with E-state index in [0.717, 1.165) is 32.0 Å². The van der Waals surface area contributed by atoms with E-state index < -0.39 is 0 Å². The molecule has 1 aromatic heterocycles. The van der Waals surface area contributed by atoms with Crippen LogP contribution in [0.1, 0.15) is 38.7 Å². The van der Waals surface area contributed by atoms with Crippen molar-refractivity contribution in [1.29, 1.82) is 0 Å². The maximum atomic E-state index is 5.59. The van der Waals surface area contributed by atoms with Crippen LogP contribution in [0, 0.1) is 0 Å². The van der Waals surface area contributed by atoms with Gasteiger partial charge in [0.2, 0.25) is 5.88 Å². The number of hydrogen-bond acceptors (Lipinski definition) is 3. The zero-order valence-corrected chi connectivity index (χ0v) is 10.3. The molecule has 0 unspecified atom stereocenters. The Balaban J connectivity index is 2.35. The van der Waals surface area contributed by atoms with Gasteiger partial charge in [0.15, 0.2) is 0 Å². The SMILES string of the molecule is CCCCCOc1cc(CNCC)ccn1. The van der Waals surface area contributed by atoms with E-state index in [4.69, 9.17) is 4.74 Å². The van der Waals surface area contributed by atoms with Gasteiger partial charge in [-0.2, -0.15) is 0 Å². The fourth-order valence-electron chi connectivity index (χ4n) is 1.44. The Bertz CT molecular complexity index is 289. The van der Waals surface area contributed by atoms with E-state index in [1.54, 1.807) is 0 Å². The summed E-state index contributed by atoms with van der Waals surface area (Å²) in [6.45, 7) is 6.92. The number of hydrogen-bond donors (Lipinski definition) is 1. The minimum Gasteiger partial charge on any atom is -0.478 e. The van der Waals surface area contributed by atoms with E-state index in [-0.39, 0.29) is 0 Å². The van der Waals surface area contributed by atoms with Crippen LogP contribution < -0.4 is 10.1 Å². The zero-order valence-electron chi connectivity index (χ0n) is 10.3. The van der Waals surface area contributed by atoms with Crippen molar-refractivity contribution in [3.63, 3.8) is 0 Å². The summed E-state index contributed by atoms with van der Waals surface area (Å²) in [5.74, 6) is 0.742. The van der Waals surface area contributed by atoms with Crippen LogP contribution in [0.25, 0.3) is 0 Å². The summed E-state index contributed by atoms with van der Waals surface area (Å²) in [5.41, 5.74) is 1.22. The van der Waals surface area contributed by atoms with Crippen molar-refractivity contribution < 1.29 is 4.74 Å². The summed E-state index contributed by atoms with van der Waals surface area (Å²) in [4.78, 5) is 4.20. The third kappa shape index (κ3) is 5.12. The summed E-state index contributed by atoms with van der Waals surface area (Å²) < 4.78 is 5.59. The van der Waals surface area contributed by atoms with Crippen molar-refractivity contribution in [3.8, 4) is 5.88 Å². The van der Waals surface area contributed by atoms with Crippen LogP contribution in [0.2, 0.25) is 0 Å². The van der Waals surface area contributed by atoms with Crippen molar-refractivity contribution in [2.75, 3.05) is 13.2 Å². The fourth-order valence-corrected chi connectivity index (χ4v) is 1.44. The Morgan fingerprint density at radius 3 is 2.94 bits per heavy atom. The van der Waals surface area contributed by atoms with Crippen LogP contribution in [0.3, 0.4) is 0 Å². The van der Waals surface area contributed by atoms with Gasteiger partial charge in [-0.25, -0.2) is 4.98 Å². The van der Waals surface area contributed by atoms with Gasteiger partial charge < -0.3 is 10.1 Å². The van der Waals surface area contributed by atoms with Crippen molar-refractivity contribution >= 4 is 0 Å². The molecule has 0 aliphatic heterocycles. The predicted molar refractivity (Wildman–Crippen MR) is 66.6 cm³/mol. The molecule has 0 atom stereocenters. The first-order valence-electron chi connectivity index (χ1n) is 6.15. The maximum Gasteiger partial charge on any atom is 0.213 e. The van der Waals surface area contributed by atoms with E-state index in [9.17, 15) is 0 Å².